The Hall–Kier alpha value is -3.34. The van der Waals surface area contributed by atoms with Crippen molar-refractivity contribution in [1.82, 2.24) is 0 Å². The molecular weight excluding hydrogens is 808 g/mol. The Kier molecular flexibility index (Phi) is 13.4. The molecule has 4 aliphatic rings. The molecule has 6 rings (SSSR count). The van der Waals surface area contributed by atoms with Gasteiger partial charge in [0.25, 0.3) is 11.4 Å². The Bertz CT molecular complexity index is 1510. The average Bonchev–Trinajstić information content (AvgIpc) is 3.31. The first kappa shape index (κ1) is 41.4. The van der Waals surface area contributed by atoms with Crippen molar-refractivity contribution < 1.29 is 81.3 Å². The molecule has 286 valence electrons. The zero-order valence-corrected chi connectivity index (χ0v) is 33.2. The van der Waals surface area contributed by atoms with E-state index in [1.54, 1.807) is 38.5 Å². The molecule has 0 spiro atoms. The van der Waals surface area contributed by atoms with E-state index < -0.39 is 21.8 Å². The molecule has 4 bridgehead atoms. The van der Waals surface area contributed by atoms with Gasteiger partial charge in [-0.05, 0) is 12.1 Å². The fourth-order valence-electron chi connectivity index (χ4n) is 9.53. The Morgan fingerprint density at radius 1 is 0.654 bits per heavy atom. The third-order valence-electron chi connectivity index (χ3n) is 12.2. The number of hydrogen-bond donors (Lipinski definition) is 0. The summed E-state index contributed by atoms with van der Waals surface area (Å²) < 4.78 is 24.3. The van der Waals surface area contributed by atoms with Crippen LogP contribution in [-0.2, 0) is 32.2 Å². The van der Waals surface area contributed by atoms with Gasteiger partial charge in [0.05, 0.1) is 86.3 Å². The fraction of sp³-hybridized carbons (Fsp3) is 0.611. The molecule has 52 heavy (non-hydrogen) atoms. The van der Waals surface area contributed by atoms with Crippen LogP contribution in [0.25, 0.3) is 0 Å². The minimum Gasteiger partial charge on any atom is -1.00 e. The third-order valence-corrected chi connectivity index (χ3v) is 12.2. The van der Waals surface area contributed by atoms with Crippen LogP contribution in [0.2, 0.25) is 0 Å². The van der Waals surface area contributed by atoms with Crippen LogP contribution in [0.3, 0.4) is 0 Å². The predicted molar refractivity (Wildman–Crippen MR) is 180 cm³/mol. The van der Waals surface area contributed by atoms with E-state index >= 15 is 0 Å². The number of ether oxygens (including phenoxy) is 4. The van der Waals surface area contributed by atoms with E-state index in [0.29, 0.717) is 50.3 Å². The Morgan fingerprint density at radius 3 is 1.27 bits per heavy atom. The molecule has 4 aliphatic heterocycles. The van der Waals surface area contributed by atoms with E-state index in [2.05, 4.69) is 14.1 Å². The molecule has 4 heterocycles. The lowest BCUT2D eigenvalue weighted by Gasteiger charge is -2.47. The number of methoxy groups -OCH3 is 2. The van der Waals surface area contributed by atoms with Crippen molar-refractivity contribution in [2.24, 2.45) is 0 Å². The summed E-state index contributed by atoms with van der Waals surface area (Å²) in [6.45, 7) is 1.19. The maximum Gasteiger partial charge on any atom is 0.306 e. The van der Waals surface area contributed by atoms with Crippen LogP contribution in [0.15, 0.2) is 36.4 Å². The summed E-state index contributed by atoms with van der Waals surface area (Å²) in [5.41, 5.74) is 1.67. The lowest BCUT2D eigenvalue weighted by Crippen LogP contribution is -3.00. The quantitative estimate of drug-likeness (QED) is 0.110. The van der Waals surface area contributed by atoms with Crippen LogP contribution in [0.5, 0.6) is 11.5 Å². The fourth-order valence-corrected chi connectivity index (χ4v) is 9.53. The SMILES string of the molecule is COc1ccc([N+](=O)[O-])cc1C[N+]1(C)C2CCC1CC(OC(=O)CCC(=O)OC1CC3CCC(C1)[N+]3(C)Cc1cc([N+](=O)[O-])ccc1OC)C2.[Br-].[Br-]. The monoisotopic (exact) mass is 854 g/mol. The number of fused-ring (bicyclic) bond motifs is 4. The van der Waals surface area contributed by atoms with E-state index in [1.165, 1.54) is 12.1 Å². The van der Waals surface area contributed by atoms with E-state index in [4.69, 9.17) is 18.9 Å². The Labute approximate surface area is 324 Å². The van der Waals surface area contributed by atoms with Gasteiger partial charge in [-0.3, -0.25) is 29.8 Å². The molecule has 0 radical (unpaired) electrons. The van der Waals surface area contributed by atoms with Gasteiger partial charge >= 0.3 is 11.9 Å². The van der Waals surface area contributed by atoms with Crippen molar-refractivity contribution in [1.29, 1.82) is 0 Å². The van der Waals surface area contributed by atoms with Crippen LogP contribution in [-0.4, -0.2) is 95.4 Å². The molecule has 0 N–H and O–H groups in total. The summed E-state index contributed by atoms with van der Waals surface area (Å²) in [5.74, 6) is 0.457. The van der Waals surface area contributed by atoms with Crippen LogP contribution in [0, 0.1) is 20.2 Å². The lowest BCUT2D eigenvalue weighted by atomic mass is 9.95. The number of nitro groups is 2. The number of carbonyl (C=O) groups is 2. The summed E-state index contributed by atoms with van der Waals surface area (Å²) in [7, 11) is 7.49. The topological polar surface area (TPSA) is 157 Å². The molecule has 0 aliphatic carbocycles. The van der Waals surface area contributed by atoms with Crippen LogP contribution in [0.4, 0.5) is 11.4 Å². The van der Waals surface area contributed by atoms with Gasteiger partial charge in [0.2, 0.25) is 0 Å². The van der Waals surface area contributed by atoms with Gasteiger partial charge in [0.1, 0.15) is 36.8 Å². The van der Waals surface area contributed by atoms with Gasteiger partial charge in [-0.2, -0.15) is 0 Å². The van der Waals surface area contributed by atoms with Crippen molar-refractivity contribution in [3.8, 4) is 11.5 Å². The van der Waals surface area contributed by atoms with Gasteiger partial charge in [0, 0.05) is 75.6 Å². The maximum atomic E-state index is 12.9. The molecule has 14 nitrogen and oxygen atoms in total. The van der Waals surface area contributed by atoms with Gasteiger partial charge in [-0.25, -0.2) is 0 Å². The summed E-state index contributed by atoms with van der Waals surface area (Å²) >= 11 is 0. The Balaban J connectivity index is 0.00000302. The van der Waals surface area contributed by atoms with Crippen molar-refractivity contribution in [3.05, 3.63) is 67.8 Å². The number of quaternary nitrogens is 2. The number of hydrogen-bond acceptors (Lipinski definition) is 10. The third kappa shape index (κ3) is 8.39. The molecule has 4 atom stereocenters. The number of nitrogens with zero attached hydrogens (tertiary/aromatic N) is 4. The van der Waals surface area contributed by atoms with Crippen LogP contribution >= 0.6 is 0 Å². The molecule has 2 aromatic carbocycles. The zero-order chi connectivity index (χ0) is 35.8. The normalized spacial score (nSPS) is 29.9. The summed E-state index contributed by atoms with van der Waals surface area (Å²) in [5, 5.41) is 22.8. The van der Waals surface area contributed by atoms with Gasteiger partial charge in [-0.1, -0.05) is 0 Å². The molecule has 4 unspecified atom stereocenters. The molecule has 0 aromatic heterocycles. The molecule has 4 saturated heterocycles. The molecule has 2 aromatic rings. The zero-order valence-electron chi connectivity index (χ0n) is 30.0. The smallest absolute Gasteiger partial charge is 0.306 e. The van der Waals surface area contributed by atoms with Crippen LogP contribution in [0.1, 0.15) is 75.3 Å². The first-order valence-corrected chi connectivity index (χ1v) is 17.5. The van der Waals surface area contributed by atoms with Gasteiger partial charge in [0.15, 0.2) is 0 Å². The average molecular weight is 857 g/mol. The standard InChI is InChI=1S/C36H48N4O10.2BrH/c1-39(21-23-15-25(37(43)44)5-11-33(23)47-3)27-7-8-28(39)18-31(17-27)49-35(41)13-14-36(42)50-32-19-29-9-10-30(20-32)40(29,2)22-24-16-26(38(45)46)6-12-34(24)48-4;;/h5-6,11-12,15-16,27-32H,7-10,13-14,17-22H2,1-4H3;2*1H/q+2;;/p-2. The largest absolute Gasteiger partial charge is 1.00 e. The number of benzene rings is 2. The van der Waals surface area contributed by atoms with Crippen molar-refractivity contribution in [2.45, 2.75) is 114 Å². The molecule has 4 fully saturated rings. The summed E-state index contributed by atoms with van der Waals surface area (Å²) in [4.78, 5) is 47.9. The first-order chi connectivity index (χ1) is 23.8. The highest BCUT2D eigenvalue weighted by atomic mass is 79.9. The Morgan fingerprint density at radius 2 is 0.981 bits per heavy atom. The van der Waals surface area contributed by atoms with E-state index in [-0.39, 0.29) is 94.6 Å². The van der Waals surface area contributed by atoms with Crippen molar-refractivity contribution in [3.63, 3.8) is 0 Å². The second-order valence-electron chi connectivity index (χ2n) is 15.0. The highest BCUT2D eigenvalue weighted by Gasteiger charge is 2.54. The van der Waals surface area contributed by atoms with Crippen molar-refractivity contribution >= 4 is 23.3 Å². The number of rotatable bonds is 13. The molecule has 0 saturated carbocycles. The van der Waals surface area contributed by atoms with E-state index in [0.717, 1.165) is 45.8 Å². The first-order valence-electron chi connectivity index (χ1n) is 17.5. The predicted octanol–water partition coefficient (Wildman–Crippen LogP) is -0.625. The number of piperidine rings is 2. The molecular formula is C36H48Br2N4O10. The van der Waals surface area contributed by atoms with E-state index in [9.17, 15) is 29.8 Å². The van der Waals surface area contributed by atoms with Gasteiger partial charge < -0.3 is 61.9 Å². The highest BCUT2D eigenvalue weighted by Crippen LogP contribution is 2.46. The minimum absolute atomic E-state index is 0. The number of carbonyl (C=O) groups excluding carboxylic acids is 2. The number of esters is 2. The molecule has 0 amide bonds. The number of nitro benzene ring substituents is 2. The highest BCUT2D eigenvalue weighted by molar-refractivity contribution is 5.77. The van der Waals surface area contributed by atoms with Crippen LogP contribution < -0.4 is 43.4 Å². The summed E-state index contributed by atoms with van der Waals surface area (Å²) in [6, 6.07) is 10.4. The van der Waals surface area contributed by atoms with E-state index in [1.807, 2.05) is 0 Å². The minimum atomic E-state index is -0.401. The second kappa shape index (κ2) is 16.8. The number of halogens is 2. The summed E-state index contributed by atoms with van der Waals surface area (Å²) in [6.07, 6.45) is 6.19. The number of non-ortho nitro benzene ring substituents is 2. The van der Waals surface area contributed by atoms with Crippen molar-refractivity contribution in [2.75, 3.05) is 28.3 Å². The van der Waals surface area contributed by atoms with Gasteiger partial charge in [-0.15, -0.1) is 0 Å². The molecule has 16 heteroatoms. The maximum absolute atomic E-state index is 12.9. The second-order valence-corrected chi connectivity index (χ2v) is 15.0. The lowest BCUT2D eigenvalue weighted by molar-refractivity contribution is -0.961.